The lowest BCUT2D eigenvalue weighted by molar-refractivity contribution is 0.589. The third-order valence-corrected chi connectivity index (χ3v) is 3.62. The predicted molar refractivity (Wildman–Crippen MR) is 86.5 cm³/mol. The first-order valence-corrected chi connectivity index (χ1v) is 7.57. The molecule has 0 atom stereocenters. The summed E-state index contributed by atoms with van der Waals surface area (Å²) in [6.07, 6.45) is 0.931. The number of benzene rings is 1. The van der Waals surface area contributed by atoms with Crippen molar-refractivity contribution in [3.63, 3.8) is 0 Å². The molecule has 21 heavy (non-hydrogen) atoms. The molecule has 0 fully saturated rings. The van der Waals surface area contributed by atoms with Gasteiger partial charge in [-0.1, -0.05) is 52.0 Å². The summed E-state index contributed by atoms with van der Waals surface area (Å²) in [5.41, 5.74) is 10.3. The van der Waals surface area contributed by atoms with Crippen LogP contribution >= 0.6 is 0 Å². The van der Waals surface area contributed by atoms with Crippen LogP contribution in [0.4, 0.5) is 0 Å². The van der Waals surface area contributed by atoms with E-state index in [4.69, 9.17) is 5.73 Å². The monoisotopic (exact) mass is 286 g/mol. The van der Waals surface area contributed by atoms with Crippen molar-refractivity contribution in [2.45, 2.75) is 53.0 Å². The van der Waals surface area contributed by atoms with E-state index in [9.17, 15) is 0 Å². The minimum Gasteiger partial charge on any atom is -0.325 e. The Morgan fingerprint density at radius 3 is 2.24 bits per heavy atom. The summed E-state index contributed by atoms with van der Waals surface area (Å²) >= 11 is 0. The minimum atomic E-state index is 0.157. The van der Waals surface area contributed by atoms with E-state index >= 15 is 0 Å². The molecular weight excluding hydrogens is 260 g/mol. The Morgan fingerprint density at radius 1 is 1.14 bits per heavy atom. The summed E-state index contributed by atoms with van der Waals surface area (Å²) in [7, 11) is 0. The normalized spacial score (nSPS) is 12.1. The minimum absolute atomic E-state index is 0.157. The van der Waals surface area contributed by atoms with Crippen LogP contribution < -0.4 is 5.73 Å². The van der Waals surface area contributed by atoms with Crippen molar-refractivity contribution >= 4 is 0 Å². The molecule has 2 aromatic rings. The zero-order valence-electron chi connectivity index (χ0n) is 13.7. The van der Waals surface area contributed by atoms with E-state index in [0.717, 1.165) is 23.5 Å². The zero-order chi connectivity index (χ0) is 15.6. The van der Waals surface area contributed by atoms with Crippen LogP contribution in [-0.2, 0) is 18.4 Å². The van der Waals surface area contributed by atoms with Gasteiger partial charge in [0.1, 0.15) is 0 Å². The van der Waals surface area contributed by atoms with E-state index in [1.54, 1.807) is 0 Å². The second-order valence-electron chi connectivity index (χ2n) is 6.99. The van der Waals surface area contributed by atoms with Gasteiger partial charge in [0.25, 0.3) is 0 Å². The van der Waals surface area contributed by atoms with Crippen LogP contribution in [-0.4, -0.2) is 15.0 Å². The van der Waals surface area contributed by atoms with Gasteiger partial charge in [-0.25, -0.2) is 4.68 Å². The first-order valence-electron chi connectivity index (χ1n) is 7.57. The van der Waals surface area contributed by atoms with Crippen LogP contribution in [0.1, 0.15) is 51.6 Å². The molecule has 1 aromatic carbocycles. The summed E-state index contributed by atoms with van der Waals surface area (Å²) in [5, 5.41) is 8.51. The maximum atomic E-state index is 5.78. The Kier molecular flexibility index (Phi) is 4.47. The number of rotatable bonds is 4. The molecule has 0 spiro atoms. The Morgan fingerprint density at radius 2 is 1.76 bits per heavy atom. The average molecular weight is 286 g/mol. The van der Waals surface area contributed by atoms with Crippen LogP contribution in [0.25, 0.3) is 5.69 Å². The number of nitrogens with two attached hydrogens (primary N) is 1. The van der Waals surface area contributed by atoms with Gasteiger partial charge in [0.15, 0.2) is 0 Å². The molecule has 114 valence electrons. The summed E-state index contributed by atoms with van der Waals surface area (Å²) < 4.78 is 1.93. The van der Waals surface area contributed by atoms with Gasteiger partial charge in [0.05, 0.1) is 17.1 Å². The van der Waals surface area contributed by atoms with Crippen LogP contribution in [0.15, 0.2) is 24.3 Å². The standard InChI is InChI=1S/C17H26N4/c1-12(2)10-16-15(11-18)19-20-21(16)14-8-6-13(7-9-14)17(3,4)5/h6-9,12H,10-11,18H2,1-5H3. The zero-order valence-corrected chi connectivity index (χ0v) is 13.7. The van der Waals surface area contributed by atoms with Gasteiger partial charge >= 0.3 is 0 Å². The van der Waals surface area contributed by atoms with E-state index in [1.807, 2.05) is 4.68 Å². The Labute approximate surface area is 127 Å². The molecule has 1 aromatic heterocycles. The van der Waals surface area contributed by atoms with Crippen molar-refractivity contribution in [3.05, 3.63) is 41.2 Å². The van der Waals surface area contributed by atoms with Crippen LogP contribution in [0.2, 0.25) is 0 Å². The first-order chi connectivity index (χ1) is 9.82. The molecule has 0 aliphatic carbocycles. The summed E-state index contributed by atoms with van der Waals surface area (Å²) in [4.78, 5) is 0. The number of hydrogen-bond acceptors (Lipinski definition) is 3. The molecule has 2 N–H and O–H groups in total. The van der Waals surface area contributed by atoms with Crippen LogP contribution in [0, 0.1) is 5.92 Å². The highest BCUT2D eigenvalue weighted by Crippen LogP contribution is 2.24. The largest absolute Gasteiger partial charge is 0.325 e. The second-order valence-corrected chi connectivity index (χ2v) is 6.99. The molecule has 0 unspecified atom stereocenters. The topological polar surface area (TPSA) is 56.7 Å². The van der Waals surface area contributed by atoms with Crippen molar-refractivity contribution in [1.29, 1.82) is 0 Å². The molecule has 0 saturated carbocycles. The van der Waals surface area contributed by atoms with Gasteiger partial charge in [-0.2, -0.15) is 0 Å². The lowest BCUT2D eigenvalue weighted by atomic mass is 9.87. The average Bonchev–Trinajstić information content (AvgIpc) is 2.80. The van der Waals surface area contributed by atoms with Gasteiger partial charge < -0.3 is 5.73 Å². The molecule has 0 saturated heterocycles. The summed E-state index contributed by atoms with van der Waals surface area (Å²) in [5.74, 6) is 0.543. The van der Waals surface area contributed by atoms with Crippen LogP contribution in [0.3, 0.4) is 0 Å². The van der Waals surface area contributed by atoms with Gasteiger partial charge in [-0.3, -0.25) is 0 Å². The molecule has 1 heterocycles. The molecule has 0 amide bonds. The van der Waals surface area contributed by atoms with Crippen molar-refractivity contribution in [3.8, 4) is 5.69 Å². The fraction of sp³-hybridized carbons (Fsp3) is 0.529. The van der Waals surface area contributed by atoms with Gasteiger partial charge in [0, 0.05) is 6.54 Å². The summed E-state index contributed by atoms with van der Waals surface area (Å²) in [6, 6.07) is 8.55. The predicted octanol–water partition coefficient (Wildman–Crippen LogP) is 3.22. The van der Waals surface area contributed by atoms with Crippen molar-refractivity contribution in [2.24, 2.45) is 11.7 Å². The molecule has 2 rings (SSSR count). The van der Waals surface area contributed by atoms with Crippen molar-refractivity contribution < 1.29 is 0 Å². The fourth-order valence-corrected chi connectivity index (χ4v) is 2.39. The highest BCUT2D eigenvalue weighted by Gasteiger charge is 2.16. The molecule has 0 bridgehead atoms. The highest BCUT2D eigenvalue weighted by molar-refractivity contribution is 5.38. The van der Waals surface area contributed by atoms with E-state index in [2.05, 4.69) is 69.2 Å². The smallest absolute Gasteiger partial charge is 0.0999 e. The Hall–Kier alpha value is -1.68. The van der Waals surface area contributed by atoms with Crippen molar-refractivity contribution in [2.75, 3.05) is 0 Å². The lowest BCUT2D eigenvalue weighted by Crippen LogP contribution is -2.12. The Bertz CT molecular complexity index is 588. The quantitative estimate of drug-likeness (QED) is 0.939. The van der Waals surface area contributed by atoms with Crippen molar-refractivity contribution in [1.82, 2.24) is 15.0 Å². The third-order valence-electron chi connectivity index (χ3n) is 3.62. The number of nitrogens with zero attached hydrogens (tertiary/aromatic N) is 3. The molecule has 0 aliphatic rings. The van der Waals surface area contributed by atoms with Gasteiger partial charge in [-0.05, 0) is 35.4 Å². The third kappa shape index (κ3) is 3.50. The molecule has 0 aliphatic heterocycles. The molecular formula is C17H26N4. The molecule has 4 nitrogen and oxygen atoms in total. The first kappa shape index (κ1) is 15.7. The maximum absolute atomic E-state index is 5.78. The van der Waals surface area contributed by atoms with Crippen LogP contribution in [0.5, 0.6) is 0 Å². The van der Waals surface area contributed by atoms with E-state index < -0.39 is 0 Å². The van der Waals surface area contributed by atoms with E-state index in [1.165, 1.54) is 5.56 Å². The number of aromatic nitrogens is 3. The van der Waals surface area contributed by atoms with E-state index in [-0.39, 0.29) is 5.41 Å². The lowest BCUT2D eigenvalue weighted by Gasteiger charge is -2.19. The van der Waals surface area contributed by atoms with Gasteiger partial charge in [-0.15, -0.1) is 5.10 Å². The van der Waals surface area contributed by atoms with Gasteiger partial charge in [0.2, 0.25) is 0 Å². The summed E-state index contributed by atoms with van der Waals surface area (Å²) in [6.45, 7) is 11.5. The molecule has 4 heteroatoms. The van der Waals surface area contributed by atoms with E-state index in [0.29, 0.717) is 12.5 Å². The SMILES string of the molecule is CC(C)Cc1c(CN)nnn1-c1ccc(C(C)(C)C)cc1. The number of hydrogen-bond donors (Lipinski definition) is 1. The highest BCUT2D eigenvalue weighted by atomic mass is 15.4. The second kappa shape index (κ2) is 5.98. The molecule has 0 radical (unpaired) electrons. The Balaban J connectivity index is 2.40. The maximum Gasteiger partial charge on any atom is 0.0999 e. The fourth-order valence-electron chi connectivity index (χ4n) is 2.39.